The number of H-pyrrole nitrogens is 1. The number of nitrogens with one attached hydrogen (secondary N) is 2. The number of aromatic amines is 1. The highest BCUT2D eigenvalue weighted by atomic mass is 16.5. The fourth-order valence-electron chi connectivity index (χ4n) is 1.80. The fraction of sp³-hybridized carbons (Fsp3) is 0.357. The molecule has 1 aromatic carbocycles. The third-order valence-electron chi connectivity index (χ3n) is 3.01. The number of rotatable bonds is 6. The average Bonchev–Trinajstić information content (AvgIpc) is 2.93. The van der Waals surface area contributed by atoms with Crippen molar-refractivity contribution in [3.8, 4) is 17.0 Å². The van der Waals surface area contributed by atoms with Gasteiger partial charge in [0, 0.05) is 23.7 Å². The van der Waals surface area contributed by atoms with Crippen LogP contribution in [0.5, 0.6) is 5.75 Å². The van der Waals surface area contributed by atoms with Crippen LogP contribution in [0.1, 0.15) is 12.5 Å². The first-order chi connectivity index (χ1) is 9.24. The summed E-state index contributed by atoms with van der Waals surface area (Å²) >= 11 is 0. The minimum Gasteiger partial charge on any atom is -0.497 e. The molecule has 0 aliphatic carbocycles. The summed E-state index contributed by atoms with van der Waals surface area (Å²) in [7, 11) is 1.65. The summed E-state index contributed by atoms with van der Waals surface area (Å²) in [5, 5.41) is 19.3. The molecule has 0 saturated carbocycles. The summed E-state index contributed by atoms with van der Waals surface area (Å²) in [5.41, 5.74) is 3.12. The first kappa shape index (κ1) is 13.6. The molecule has 102 valence electrons. The van der Waals surface area contributed by atoms with Crippen LogP contribution in [0, 0.1) is 0 Å². The van der Waals surface area contributed by atoms with Crippen LogP contribution in [0.3, 0.4) is 0 Å². The summed E-state index contributed by atoms with van der Waals surface area (Å²) in [5.74, 6) is 0.830. The van der Waals surface area contributed by atoms with Crippen molar-refractivity contribution in [3.63, 3.8) is 0 Å². The van der Waals surface area contributed by atoms with Gasteiger partial charge >= 0.3 is 0 Å². The van der Waals surface area contributed by atoms with E-state index in [1.807, 2.05) is 31.2 Å². The monoisotopic (exact) mass is 261 g/mol. The van der Waals surface area contributed by atoms with Crippen LogP contribution in [-0.2, 0) is 6.54 Å². The molecule has 0 aliphatic heterocycles. The van der Waals surface area contributed by atoms with Gasteiger partial charge in [0.15, 0.2) is 0 Å². The van der Waals surface area contributed by atoms with Gasteiger partial charge in [-0.3, -0.25) is 5.10 Å². The number of methoxy groups -OCH3 is 1. The van der Waals surface area contributed by atoms with E-state index in [2.05, 4.69) is 15.5 Å². The number of benzene rings is 1. The van der Waals surface area contributed by atoms with Gasteiger partial charge in [0.2, 0.25) is 0 Å². The van der Waals surface area contributed by atoms with Crippen LogP contribution in [-0.4, -0.2) is 35.1 Å². The Balaban J connectivity index is 2.13. The quantitative estimate of drug-likeness (QED) is 0.738. The van der Waals surface area contributed by atoms with Crippen LogP contribution in [0.15, 0.2) is 30.5 Å². The van der Waals surface area contributed by atoms with Crippen molar-refractivity contribution in [2.24, 2.45) is 0 Å². The third-order valence-corrected chi connectivity index (χ3v) is 3.01. The zero-order chi connectivity index (χ0) is 13.7. The average molecular weight is 261 g/mol. The van der Waals surface area contributed by atoms with Crippen LogP contribution in [0.2, 0.25) is 0 Å². The third kappa shape index (κ3) is 3.33. The maximum Gasteiger partial charge on any atom is 0.118 e. The van der Waals surface area contributed by atoms with E-state index in [0.29, 0.717) is 6.54 Å². The van der Waals surface area contributed by atoms with Gasteiger partial charge in [-0.2, -0.15) is 5.10 Å². The van der Waals surface area contributed by atoms with Crippen molar-refractivity contribution in [2.45, 2.75) is 19.5 Å². The topological polar surface area (TPSA) is 70.2 Å². The molecule has 0 saturated heterocycles. The van der Waals surface area contributed by atoms with Gasteiger partial charge < -0.3 is 15.2 Å². The van der Waals surface area contributed by atoms with Crippen LogP contribution >= 0.6 is 0 Å². The zero-order valence-corrected chi connectivity index (χ0v) is 11.2. The standard InChI is InChI=1S/C14H19N3O2/c1-10(9-18)15-7-12-8-16-17-14(12)11-3-5-13(19-2)6-4-11/h3-6,8,10,15,18H,7,9H2,1-2H3,(H,16,17)/t10-/m1/s1. The van der Waals surface area contributed by atoms with E-state index in [0.717, 1.165) is 22.6 Å². The van der Waals surface area contributed by atoms with Gasteiger partial charge in [-0.1, -0.05) is 0 Å². The Hall–Kier alpha value is -1.85. The van der Waals surface area contributed by atoms with Crippen molar-refractivity contribution in [2.75, 3.05) is 13.7 Å². The van der Waals surface area contributed by atoms with Crippen molar-refractivity contribution in [1.82, 2.24) is 15.5 Å². The second-order valence-electron chi connectivity index (χ2n) is 4.46. The van der Waals surface area contributed by atoms with Gasteiger partial charge in [-0.15, -0.1) is 0 Å². The van der Waals surface area contributed by atoms with Gasteiger partial charge in [0.25, 0.3) is 0 Å². The Bertz CT molecular complexity index is 508. The largest absolute Gasteiger partial charge is 0.497 e. The molecule has 2 rings (SSSR count). The SMILES string of the molecule is COc1ccc(-c2[nH]ncc2CN[C@H](C)CO)cc1. The molecule has 0 aliphatic rings. The molecule has 5 heteroatoms. The van der Waals surface area contributed by atoms with Gasteiger partial charge in [-0.05, 0) is 31.2 Å². The lowest BCUT2D eigenvalue weighted by atomic mass is 10.1. The van der Waals surface area contributed by atoms with Crippen LogP contribution in [0.4, 0.5) is 0 Å². The minimum atomic E-state index is 0.0682. The number of nitrogens with zero attached hydrogens (tertiary/aromatic N) is 1. The Morgan fingerprint density at radius 1 is 1.37 bits per heavy atom. The molecule has 19 heavy (non-hydrogen) atoms. The second kappa shape index (κ2) is 6.36. The summed E-state index contributed by atoms with van der Waals surface area (Å²) in [6.45, 7) is 2.72. The summed E-state index contributed by atoms with van der Waals surface area (Å²) in [6, 6.07) is 7.89. The molecule has 0 radical (unpaired) electrons. The van der Waals surface area contributed by atoms with Crippen LogP contribution in [0.25, 0.3) is 11.3 Å². The molecular formula is C14H19N3O2. The van der Waals surface area contributed by atoms with Crippen molar-refractivity contribution >= 4 is 0 Å². The molecule has 1 heterocycles. The molecule has 1 aromatic heterocycles. The molecule has 1 atom stereocenters. The van der Waals surface area contributed by atoms with E-state index in [1.165, 1.54) is 0 Å². The fourth-order valence-corrected chi connectivity index (χ4v) is 1.80. The van der Waals surface area contributed by atoms with Gasteiger partial charge in [0.05, 0.1) is 25.6 Å². The molecule has 0 amide bonds. The zero-order valence-electron chi connectivity index (χ0n) is 11.2. The van der Waals surface area contributed by atoms with E-state index in [4.69, 9.17) is 9.84 Å². The number of ether oxygens (including phenoxy) is 1. The molecule has 3 N–H and O–H groups in total. The smallest absolute Gasteiger partial charge is 0.118 e. The first-order valence-electron chi connectivity index (χ1n) is 6.25. The maximum atomic E-state index is 9.01. The Labute approximate surface area is 112 Å². The number of aliphatic hydroxyl groups is 1. The lowest BCUT2D eigenvalue weighted by molar-refractivity contribution is 0.251. The van der Waals surface area contributed by atoms with Gasteiger partial charge in [0.1, 0.15) is 5.75 Å². The number of hydrogen-bond donors (Lipinski definition) is 3. The molecule has 0 spiro atoms. The molecular weight excluding hydrogens is 242 g/mol. The lowest BCUT2D eigenvalue weighted by Crippen LogP contribution is -2.28. The highest BCUT2D eigenvalue weighted by molar-refractivity contribution is 5.63. The molecule has 0 bridgehead atoms. The second-order valence-corrected chi connectivity index (χ2v) is 4.46. The van der Waals surface area contributed by atoms with E-state index >= 15 is 0 Å². The minimum absolute atomic E-state index is 0.0682. The Morgan fingerprint density at radius 3 is 2.74 bits per heavy atom. The number of aromatic nitrogens is 2. The molecule has 0 fully saturated rings. The van der Waals surface area contributed by atoms with Crippen molar-refractivity contribution in [1.29, 1.82) is 0 Å². The number of aliphatic hydroxyl groups excluding tert-OH is 1. The summed E-state index contributed by atoms with van der Waals surface area (Å²) < 4.78 is 5.14. The van der Waals surface area contributed by atoms with E-state index < -0.39 is 0 Å². The van der Waals surface area contributed by atoms with E-state index in [1.54, 1.807) is 13.3 Å². The van der Waals surface area contributed by atoms with Gasteiger partial charge in [-0.25, -0.2) is 0 Å². The first-order valence-corrected chi connectivity index (χ1v) is 6.25. The lowest BCUT2D eigenvalue weighted by Gasteiger charge is -2.10. The molecule has 5 nitrogen and oxygen atoms in total. The highest BCUT2D eigenvalue weighted by Crippen LogP contribution is 2.23. The Morgan fingerprint density at radius 2 is 2.11 bits per heavy atom. The van der Waals surface area contributed by atoms with E-state index in [-0.39, 0.29) is 12.6 Å². The predicted molar refractivity (Wildman–Crippen MR) is 74.0 cm³/mol. The van der Waals surface area contributed by atoms with Crippen molar-refractivity contribution in [3.05, 3.63) is 36.0 Å². The molecule has 2 aromatic rings. The van der Waals surface area contributed by atoms with Crippen molar-refractivity contribution < 1.29 is 9.84 Å². The number of hydrogen-bond acceptors (Lipinski definition) is 4. The highest BCUT2D eigenvalue weighted by Gasteiger charge is 2.08. The predicted octanol–water partition coefficient (Wildman–Crippen LogP) is 1.56. The summed E-state index contributed by atoms with van der Waals surface area (Å²) in [6.07, 6.45) is 1.80. The Kier molecular flexibility index (Phi) is 4.54. The normalized spacial score (nSPS) is 12.4. The van der Waals surface area contributed by atoms with Crippen LogP contribution < -0.4 is 10.1 Å². The maximum absolute atomic E-state index is 9.01. The van der Waals surface area contributed by atoms with E-state index in [9.17, 15) is 0 Å². The molecule has 0 unspecified atom stereocenters. The summed E-state index contributed by atoms with van der Waals surface area (Å²) in [4.78, 5) is 0.